The molecule has 0 aliphatic carbocycles. The lowest BCUT2D eigenvalue weighted by Crippen LogP contribution is -3.10. The van der Waals surface area contributed by atoms with Crippen LogP contribution < -0.4 is 10.2 Å². The Balaban J connectivity index is 2.66. The SMILES string of the molecule is C[C@H](c1ccccc1Cl)[NH+](C)CC(=O)NC(C)(C)C. The van der Waals surface area contributed by atoms with E-state index in [4.69, 9.17) is 11.6 Å². The van der Waals surface area contributed by atoms with Crippen molar-refractivity contribution in [2.24, 2.45) is 0 Å². The van der Waals surface area contributed by atoms with Crippen molar-refractivity contribution < 1.29 is 9.69 Å². The van der Waals surface area contributed by atoms with Crippen molar-refractivity contribution in [3.63, 3.8) is 0 Å². The first-order valence-corrected chi connectivity index (χ1v) is 6.96. The number of hydrogen-bond acceptors (Lipinski definition) is 1. The Hall–Kier alpha value is -1.06. The van der Waals surface area contributed by atoms with Gasteiger partial charge in [0, 0.05) is 16.1 Å². The van der Waals surface area contributed by atoms with Crippen LogP contribution in [0, 0.1) is 0 Å². The van der Waals surface area contributed by atoms with Gasteiger partial charge < -0.3 is 10.2 Å². The number of quaternary nitrogens is 1. The van der Waals surface area contributed by atoms with Crippen LogP contribution in [0.1, 0.15) is 39.3 Å². The zero-order chi connectivity index (χ0) is 14.6. The molecule has 106 valence electrons. The van der Waals surface area contributed by atoms with Gasteiger partial charge in [0.05, 0.1) is 7.05 Å². The summed E-state index contributed by atoms with van der Waals surface area (Å²) in [5.41, 5.74) is 0.885. The number of rotatable bonds is 4. The second kappa shape index (κ2) is 6.40. The molecule has 0 aliphatic rings. The molecule has 0 saturated heterocycles. The Labute approximate surface area is 120 Å². The second-order valence-corrected chi connectivity index (χ2v) is 6.47. The standard InChI is InChI=1S/C15H23ClN2O/c1-11(12-8-6-7-9-13(12)16)18(5)10-14(19)17-15(2,3)4/h6-9,11H,10H2,1-5H3,(H,17,19)/p+1/t11-/m1/s1. The van der Waals surface area contributed by atoms with Crippen molar-refractivity contribution in [2.45, 2.75) is 39.3 Å². The third-order valence-electron chi connectivity index (χ3n) is 3.06. The van der Waals surface area contributed by atoms with E-state index in [2.05, 4.69) is 12.2 Å². The molecular weight excluding hydrogens is 260 g/mol. The minimum absolute atomic E-state index is 0.0592. The number of carbonyl (C=O) groups excluding carboxylic acids is 1. The Morgan fingerprint density at radius 3 is 2.47 bits per heavy atom. The summed E-state index contributed by atoms with van der Waals surface area (Å²) in [4.78, 5) is 13.0. The van der Waals surface area contributed by atoms with Crippen LogP contribution in [0.5, 0.6) is 0 Å². The lowest BCUT2D eigenvalue weighted by atomic mass is 10.1. The lowest BCUT2D eigenvalue weighted by molar-refractivity contribution is -0.902. The van der Waals surface area contributed by atoms with E-state index in [1.54, 1.807) is 0 Å². The maximum Gasteiger partial charge on any atom is 0.275 e. The summed E-state index contributed by atoms with van der Waals surface area (Å²) < 4.78 is 0. The second-order valence-electron chi connectivity index (χ2n) is 6.06. The zero-order valence-electron chi connectivity index (χ0n) is 12.4. The molecule has 0 saturated carbocycles. The predicted molar refractivity (Wildman–Crippen MR) is 79.5 cm³/mol. The minimum Gasteiger partial charge on any atom is -0.347 e. The van der Waals surface area contributed by atoms with E-state index in [1.165, 1.54) is 0 Å². The lowest BCUT2D eigenvalue weighted by Gasteiger charge is -2.25. The van der Waals surface area contributed by atoms with Gasteiger partial charge in [-0.2, -0.15) is 0 Å². The van der Waals surface area contributed by atoms with Gasteiger partial charge in [0.15, 0.2) is 6.54 Å². The molecule has 0 radical (unpaired) electrons. The fourth-order valence-corrected chi connectivity index (χ4v) is 2.26. The molecule has 0 heterocycles. The van der Waals surface area contributed by atoms with Crippen LogP contribution >= 0.6 is 11.6 Å². The Morgan fingerprint density at radius 2 is 1.95 bits per heavy atom. The molecule has 1 unspecified atom stereocenters. The third-order valence-corrected chi connectivity index (χ3v) is 3.41. The van der Waals surface area contributed by atoms with E-state index < -0.39 is 0 Å². The van der Waals surface area contributed by atoms with E-state index in [0.29, 0.717) is 6.54 Å². The van der Waals surface area contributed by atoms with Crippen LogP contribution in [0.2, 0.25) is 5.02 Å². The van der Waals surface area contributed by atoms with Gasteiger partial charge in [-0.25, -0.2) is 0 Å². The van der Waals surface area contributed by atoms with Gasteiger partial charge in [0.1, 0.15) is 6.04 Å². The topological polar surface area (TPSA) is 33.5 Å². The van der Waals surface area contributed by atoms with E-state index >= 15 is 0 Å². The van der Waals surface area contributed by atoms with Crippen molar-refractivity contribution in [3.8, 4) is 0 Å². The van der Waals surface area contributed by atoms with E-state index in [0.717, 1.165) is 15.5 Å². The highest BCUT2D eigenvalue weighted by Gasteiger charge is 2.22. The molecule has 2 atom stereocenters. The monoisotopic (exact) mass is 283 g/mol. The number of nitrogens with one attached hydrogen (secondary N) is 2. The highest BCUT2D eigenvalue weighted by molar-refractivity contribution is 6.31. The minimum atomic E-state index is -0.189. The molecule has 0 aromatic heterocycles. The first kappa shape index (κ1) is 16.0. The highest BCUT2D eigenvalue weighted by atomic mass is 35.5. The summed E-state index contributed by atoms with van der Waals surface area (Å²) >= 11 is 6.19. The fourth-order valence-electron chi connectivity index (χ4n) is 1.96. The number of likely N-dealkylation sites (N-methyl/N-ethyl adjacent to an activating group) is 1. The van der Waals surface area contributed by atoms with Crippen LogP contribution in [-0.4, -0.2) is 25.0 Å². The van der Waals surface area contributed by atoms with Crippen molar-refractivity contribution in [1.29, 1.82) is 0 Å². The fraction of sp³-hybridized carbons (Fsp3) is 0.533. The quantitative estimate of drug-likeness (QED) is 0.868. The Morgan fingerprint density at radius 1 is 1.37 bits per heavy atom. The summed E-state index contributed by atoms with van der Waals surface area (Å²) in [5.74, 6) is 0.0592. The molecule has 0 aliphatic heterocycles. The maximum absolute atomic E-state index is 11.9. The van der Waals surface area contributed by atoms with Gasteiger partial charge in [0.25, 0.3) is 5.91 Å². The number of halogens is 1. The van der Waals surface area contributed by atoms with E-state index in [-0.39, 0.29) is 17.5 Å². The molecule has 0 fully saturated rings. The summed E-state index contributed by atoms with van der Waals surface area (Å²) in [7, 11) is 2.01. The van der Waals surface area contributed by atoms with Crippen LogP contribution in [0.25, 0.3) is 0 Å². The molecule has 0 spiro atoms. The number of amides is 1. The normalized spacial score (nSPS) is 14.8. The van der Waals surface area contributed by atoms with E-state index in [1.807, 2.05) is 52.1 Å². The first-order valence-electron chi connectivity index (χ1n) is 6.58. The Bertz CT molecular complexity index is 440. The molecule has 1 aromatic rings. The van der Waals surface area contributed by atoms with Gasteiger partial charge in [0.2, 0.25) is 0 Å². The summed E-state index contributed by atoms with van der Waals surface area (Å²) in [6.45, 7) is 8.47. The van der Waals surface area contributed by atoms with Crippen molar-refractivity contribution in [3.05, 3.63) is 34.9 Å². The van der Waals surface area contributed by atoms with Gasteiger partial charge >= 0.3 is 0 Å². The van der Waals surface area contributed by atoms with Crippen LogP contribution in [0.4, 0.5) is 0 Å². The molecule has 1 rings (SSSR count). The van der Waals surface area contributed by atoms with Crippen LogP contribution in [-0.2, 0) is 4.79 Å². The van der Waals surface area contributed by atoms with Crippen LogP contribution in [0.3, 0.4) is 0 Å². The summed E-state index contributed by atoms with van der Waals surface area (Å²) in [6, 6.07) is 7.97. The average molecular weight is 284 g/mol. The predicted octanol–water partition coefficient (Wildman–Crippen LogP) is 1.83. The Kier molecular flexibility index (Phi) is 5.39. The zero-order valence-corrected chi connectivity index (χ0v) is 13.1. The van der Waals surface area contributed by atoms with Crippen molar-refractivity contribution >= 4 is 17.5 Å². The molecule has 19 heavy (non-hydrogen) atoms. The maximum atomic E-state index is 11.9. The molecule has 2 N–H and O–H groups in total. The molecule has 1 aromatic carbocycles. The number of benzene rings is 1. The average Bonchev–Trinajstić information content (AvgIpc) is 2.26. The van der Waals surface area contributed by atoms with Gasteiger partial charge in [-0.3, -0.25) is 4.79 Å². The smallest absolute Gasteiger partial charge is 0.275 e. The van der Waals surface area contributed by atoms with Crippen molar-refractivity contribution in [2.75, 3.05) is 13.6 Å². The summed E-state index contributed by atoms with van der Waals surface area (Å²) in [5, 5.41) is 3.73. The molecule has 3 nitrogen and oxygen atoms in total. The molecule has 4 heteroatoms. The number of carbonyl (C=O) groups is 1. The first-order chi connectivity index (χ1) is 8.70. The molecular formula is C15H24ClN2O+. The van der Waals surface area contributed by atoms with Gasteiger partial charge in [-0.1, -0.05) is 29.8 Å². The van der Waals surface area contributed by atoms with Crippen LogP contribution in [0.15, 0.2) is 24.3 Å². The largest absolute Gasteiger partial charge is 0.347 e. The molecule has 1 amide bonds. The highest BCUT2D eigenvalue weighted by Crippen LogP contribution is 2.19. The number of hydrogen-bond donors (Lipinski definition) is 2. The van der Waals surface area contributed by atoms with Gasteiger partial charge in [-0.05, 0) is 33.8 Å². The molecule has 0 bridgehead atoms. The van der Waals surface area contributed by atoms with E-state index in [9.17, 15) is 4.79 Å². The van der Waals surface area contributed by atoms with Crippen molar-refractivity contribution in [1.82, 2.24) is 5.32 Å². The summed E-state index contributed by atoms with van der Waals surface area (Å²) in [6.07, 6.45) is 0. The third kappa shape index (κ3) is 5.21. The van der Waals surface area contributed by atoms with Gasteiger partial charge in [-0.15, -0.1) is 0 Å².